The maximum Gasteiger partial charge on any atom is 0.149 e. The van der Waals surface area contributed by atoms with Crippen molar-refractivity contribution in [2.45, 2.75) is 26.7 Å². The highest BCUT2D eigenvalue weighted by molar-refractivity contribution is 5.43. The summed E-state index contributed by atoms with van der Waals surface area (Å²) in [5, 5.41) is 12.2. The molecule has 0 spiro atoms. The minimum Gasteiger partial charge on any atom is -0.395 e. The Morgan fingerprint density at radius 3 is 2.76 bits per heavy atom. The summed E-state index contributed by atoms with van der Waals surface area (Å²) in [4.78, 5) is 10.7. The van der Waals surface area contributed by atoms with Crippen molar-refractivity contribution in [2.75, 3.05) is 36.5 Å². The number of nitrogens with zero attached hydrogens (tertiary/aromatic N) is 3. The summed E-state index contributed by atoms with van der Waals surface area (Å²) in [6.07, 6.45) is 5.67. The van der Waals surface area contributed by atoms with Gasteiger partial charge in [0.15, 0.2) is 0 Å². The molecule has 0 fully saturated rings. The van der Waals surface area contributed by atoms with Gasteiger partial charge in [0.25, 0.3) is 0 Å². The van der Waals surface area contributed by atoms with Crippen molar-refractivity contribution < 1.29 is 5.11 Å². The first-order chi connectivity index (χ1) is 8.31. The lowest BCUT2D eigenvalue weighted by Gasteiger charge is -2.22. The van der Waals surface area contributed by atoms with Crippen molar-refractivity contribution in [3.05, 3.63) is 12.4 Å². The van der Waals surface area contributed by atoms with E-state index < -0.39 is 0 Å². The van der Waals surface area contributed by atoms with E-state index >= 15 is 0 Å². The molecular weight excluding hydrogens is 216 g/mol. The molecule has 0 saturated carbocycles. The Hall–Kier alpha value is -1.36. The number of anilines is 2. The van der Waals surface area contributed by atoms with Gasteiger partial charge < -0.3 is 15.3 Å². The minimum atomic E-state index is 0.136. The van der Waals surface area contributed by atoms with Crippen LogP contribution in [0, 0.1) is 0 Å². The molecule has 17 heavy (non-hydrogen) atoms. The molecule has 1 aromatic heterocycles. The first kappa shape index (κ1) is 13.7. The quantitative estimate of drug-likeness (QED) is 0.719. The Balaban J connectivity index is 2.73. The molecule has 5 heteroatoms. The van der Waals surface area contributed by atoms with Crippen LogP contribution in [0.2, 0.25) is 0 Å². The number of hydrogen-bond donors (Lipinski definition) is 2. The third kappa shape index (κ3) is 4.56. The van der Waals surface area contributed by atoms with Crippen LogP contribution < -0.4 is 10.2 Å². The maximum atomic E-state index is 9.06. The molecular formula is C12H22N4O. The second-order valence-electron chi connectivity index (χ2n) is 3.86. The summed E-state index contributed by atoms with van der Waals surface area (Å²) in [5.41, 5.74) is 0. The Kier molecular flexibility index (Phi) is 6.32. The maximum absolute atomic E-state index is 9.06. The molecule has 5 nitrogen and oxygen atoms in total. The van der Waals surface area contributed by atoms with E-state index in [0.29, 0.717) is 6.54 Å². The van der Waals surface area contributed by atoms with Crippen molar-refractivity contribution in [3.8, 4) is 0 Å². The molecule has 1 aromatic rings. The van der Waals surface area contributed by atoms with Crippen LogP contribution in [0.5, 0.6) is 0 Å². The van der Waals surface area contributed by atoms with E-state index in [1.807, 2.05) is 6.92 Å². The fourth-order valence-electron chi connectivity index (χ4n) is 1.58. The second-order valence-corrected chi connectivity index (χ2v) is 3.86. The van der Waals surface area contributed by atoms with Gasteiger partial charge in [0.1, 0.15) is 11.6 Å². The zero-order valence-corrected chi connectivity index (χ0v) is 10.7. The van der Waals surface area contributed by atoms with Crippen molar-refractivity contribution >= 4 is 11.6 Å². The highest BCUT2D eigenvalue weighted by Crippen LogP contribution is 2.12. The molecule has 0 bridgehead atoms. The molecule has 2 N–H and O–H groups in total. The van der Waals surface area contributed by atoms with Gasteiger partial charge in [-0.3, -0.25) is 4.98 Å². The molecule has 0 amide bonds. The number of rotatable bonds is 8. The predicted molar refractivity (Wildman–Crippen MR) is 70.4 cm³/mol. The van der Waals surface area contributed by atoms with E-state index in [4.69, 9.17) is 5.11 Å². The van der Waals surface area contributed by atoms with Crippen molar-refractivity contribution in [2.24, 2.45) is 0 Å². The molecule has 0 saturated heterocycles. The number of aromatic nitrogens is 2. The molecule has 0 aliphatic rings. The summed E-state index contributed by atoms with van der Waals surface area (Å²) < 4.78 is 0. The van der Waals surface area contributed by atoms with E-state index in [2.05, 4.69) is 27.1 Å². The minimum absolute atomic E-state index is 0.136. The van der Waals surface area contributed by atoms with Crippen molar-refractivity contribution in [1.29, 1.82) is 0 Å². The average molecular weight is 238 g/mol. The van der Waals surface area contributed by atoms with Gasteiger partial charge in [-0.2, -0.15) is 0 Å². The topological polar surface area (TPSA) is 61.3 Å². The molecule has 0 aliphatic carbocycles. The van der Waals surface area contributed by atoms with Gasteiger partial charge >= 0.3 is 0 Å². The van der Waals surface area contributed by atoms with Crippen LogP contribution in [0.25, 0.3) is 0 Å². The van der Waals surface area contributed by atoms with E-state index in [-0.39, 0.29) is 6.61 Å². The lowest BCUT2D eigenvalue weighted by molar-refractivity contribution is 0.301. The summed E-state index contributed by atoms with van der Waals surface area (Å²) in [6.45, 7) is 6.64. The molecule has 0 unspecified atom stereocenters. The lowest BCUT2D eigenvalue weighted by atomic mass is 10.3. The summed E-state index contributed by atoms with van der Waals surface area (Å²) in [5.74, 6) is 1.61. The molecule has 96 valence electrons. The first-order valence-corrected chi connectivity index (χ1v) is 6.23. The largest absolute Gasteiger partial charge is 0.395 e. The Labute approximate surface area is 103 Å². The van der Waals surface area contributed by atoms with E-state index in [1.54, 1.807) is 12.4 Å². The monoisotopic (exact) mass is 238 g/mol. The molecule has 0 aromatic carbocycles. The number of hydrogen-bond acceptors (Lipinski definition) is 5. The van der Waals surface area contributed by atoms with Gasteiger partial charge in [0.2, 0.25) is 0 Å². The molecule has 0 atom stereocenters. The van der Waals surface area contributed by atoms with Gasteiger partial charge in [0.05, 0.1) is 19.0 Å². The van der Waals surface area contributed by atoms with Crippen LogP contribution >= 0.6 is 0 Å². The highest BCUT2D eigenvalue weighted by atomic mass is 16.3. The van der Waals surface area contributed by atoms with Gasteiger partial charge in [-0.15, -0.1) is 0 Å². The molecule has 1 heterocycles. The van der Waals surface area contributed by atoms with Gasteiger partial charge in [0, 0.05) is 19.6 Å². The number of unbranched alkanes of at least 4 members (excludes halogenated alkanes) is 1. The highest BCUT2D eigenvalue weighted by Gasteiger charge is 2.07. The molecule has 0 radical (unpaired) electrons. The van der Waals surface area contributed by atoms with Gasteiger partial charge in [-0.1, -0.05) is 13.3 Å². The summed E-state index contributed by atoms with van der Waals surface area (Å²) in [6, 6.07) is 0. The average Bonchev–Trinajstić information content (AvgIpc) is 2.35. The molecule has 0 aliphatic heterocycles. The Morgan fingerprint density at radius 2 is 2.12 bits per heavy atom. The van der Waals surface area contributed by atoms with Crippen LogP contribution in [0.15, 0.2) is 12.4 Å². The van der Waals surface area contributed by atoms with Crippen LogP contribution in [-0.2, 0) is 0 Å². The second kappa shape index (κ2) is 7.84. The van der Waals surface area contributed by atoms with Crippen LogP contribution in [0.3, 0.4) is 0 Å². The standard InChI is InChI=1S/C12H22N4O/c1-3-5-6-16(7-8-17)12-10-13-9-11(15-12)14-4-2/h9-10,17H,3-8H2,1-2H3,(H,14,15). The number of aliphatic hydroxyl groups excluding tert-OH is 1. The Morgan fingerprint density at radius 1 is 1.29 bits per heavy atom. The third-order valence-corrected chi connectivity index (χ3v) is 2.46. The van der Waals surface area contributed by atoms with Crippen LogP contribution in [0.1, 0.15) is 26.7 Å². The first-order valence-electron chi connectivity index (χ1n) is 6.23. The summed E-state index contributed by atoms with van der Waals surface area (Å²) in [7, 11) is 0. The SMILES string of the molecule is CCCCN(CCO)c1cncc(NCC)n1. The normalized spacial score (nSPS) is 10.3. The smallest absolute Gasteiger partial charge is 0.149 e. The van der Waals surface area contributed by atoms with E-state index in [0.717, 1.165) is 37.6 Å². The fourth-order valence-corrected chi connectivity index (χ4v) is 1.58. The van der Waals surface area contributed by atoms with E-state index in [9.17, 15) is 0 Å². The summed E-state index contributed by atoms with van der Waals surface area (Å²) >= 11 is 0. The number of nitrogens with one attached hydrogen (secondary N) is 1. The van der Waals surface area contributed by atoms with Crippen molar-refractivity contribution in [1.82, 2.24) is 9.97 Å². The van der Waals surface area contributed by atoms with Gasteiger partial charge in [-0.05, 0) is 13.3 Å². The van der Waals surface area contributed by atoms with E-state index in [1.165, 1.54) is 0 Å². The fraction of sp³-hybridized carbons (Fsp3) is 0.667. The van der Waals surface area contributed by atoms with Crippen LogP contribution in [0.4, 0.5) is 11.6 Å². The molecule has 1 rings (SSSR count). The zero-order valence-electron chi connectivity index (χ0n) is 10.7. The predicted octanol–water partition coefficient (Wildman–Crippen LogP) is 1.51. The lowest BCUT2D eigenvalue weighted by Crippen LogP contribution is -2.28. The Bertz CT molecular complexity index is 319. The zero-order chi connectivity index (χ0) is 12.5. The third-order valence-electron chi connectivity index (χ3n) is 2.46. The number of aliphatic hydroxyl groups is 1. The van der Waals surface area contributed by atoms with Gasteiger partial charge in [-0.25, -0.2) is 4.98 Å². The van der Waals surface area contributed by atoms with Crippen molar-refractivity contribution in [3.63, 3.8) is 0 Å². The van der Waals surface area contributed by atoms with Crippen LogP contribution in [-0.4, -0.2) is 41.3 Å².